The second-order valence-corrected chi connectivity index (χ2v) is 16.9. The van der Waals surface area contributed by atoms with Gasteiger partial charge in [0, 0.05) is 57.2 Å². The number of morpholine rings is 1. The Labute approximate surface area is 318 Å². The molecule has 0 bridgehead atoms. The van der Waals surface area contributed by atoms with E-state index in [2.05, 4.69) is 20.1 Å². The number of carboxylic acids is 1. The summed E-state index contributed by atoms with van der Waals surface area (Å²) < 4.78 is 82.8. The number of halogens is 2. The van der Waals surface area contributed by atoms with Gasteiger partial charge in [-0.1, -0.05) is 18.2 Å². The van der Waals surface area contributed by atoms with E-state index in [4.69, 9.17) is 18.9 Å². The molecule has 6 heterocycles. The van der Waals surface area contributed by atoms with Gasteiger partial charge in [0.25, 0.3) is 6.43 Å². The summed E-state index contributed by atoms with van der Waals surface area (Å²) in [5, 5.41) is 18.2. The Kier molecular flexibility index (Phi) is 10.9. The molecule has 1 N–H and O–H groups in total. The van der Waals surface area contributed by atoms with Crippen LogP contribution in [0.5, 0.6) is 11.8 Å². The quantitative estimate of drug-likeness (QED) is 0.223. The van der Waals surface area contributed by atoms with E-state index in [0.29, 0.717) is 74.7 Å². The highest BCUT2D eigenvalue weighted by Crippen LogP contribution is 2.45. The molecule has 55 heavy (non-hydrogen) atoms. The molecule has 3 aliphatic rings. The van der Waals surface area contributed by atoms with Crippen molar-refractivity contribution in [2.24, 2.45) is 5.41 Å². The average molecular weight is 785 g/mol. The number of hydrogen-bond acceptors (Lipinski definition) is 11. The number of nitrogens with zero attached hydrogens (tertiary/aromatic N) is 6. The lowest BCUT2D eigenvalue weighted by molar-refractivity contribution is -0.147. The number of alkyl halides is 2. The molecule has 0 saturated carbocycles. The van der Waals surface area contributed by atoms with Gasteiger partial charge in [-0.15, -0.1) is 10.2 Å². The summed E-state index contributed by atoms with van der Waals surface area (Å²) in [7, 11) is -4.17. The van der Waals surface area contributed by atoms with Crippen molar-refractivity contribution < 1.29 is 46.0 Å². The summed E-state index contributed by atoms with van der Waals surface area (Å²) in [6.45, 7) is 11.5. The summed E-state index contributed by atoms with van der Waals surface area (Å²) in [6.07, 6.45) is -0.542. The third-order valence-electron chi connectivity index (χ3n) is 11.1. The number of fused-ring (bicyclic) bond motifs is 2. The first-order valence-electron chi connectivity index (χ1n) is 18.4. The number of ether oxygens (including phenoxy) is 4. The van der Waals surface area contributed by atoms with Crippen LogP contribution in [0.15, 0.2) is 47.5 Å². The number of carboxylic acid groups (broad SMARTS) is 1. The summed E-state index contributed by atoms with van der Waals surface area (Å²) in [5.74, 6) is -2.12. The molecule has 3 aliphatic heterocycles. The molecular weight excluding hydrogens is 739 g/mol. The highest BCUT2D eigenvalue weighted by atomic mass is 32.2. The first kappa shape index (κ1) is 39.0. The van der Waals surface area contributed by atoms with Crippen LogP contribution in [-0.2, 0) is 30.8 Å². The molecule has 3 aromatic heterocycles. The van der Waals surface area contributed by atoms with Gasteiger partial charge in [-0.2, -0.15) is 9.29 Å². The Balaban J connectivity index is 1.24. The Morgan fingerprint density at radius 2 is 1.76 bits per heavy atom. The van der Waals surface area contributed by atoms with E-state index in [1.54, 1.807) is 32.9 Å². The number of hydrogen-bond donors (Lipinski definition) is 1. The van der Waals surface area contributed by atoms with Crippen molar-refractivity contribution in [1.29, 1.82) is 0 Å². The Bertz CT molecular complexity index is 2170. The number of pyridine rings is 2. The monoisotopic (exact) mass is 784 g/mol. The largest absolute Gasteiger partial charge is 0.481 e. The van der Waals surface area contributed by atoms with Crippen LogP contribution in [0.1, 0.15) is 72.7 Å². The molecule has 2 saturated heterocycles. The van der Waals surface area contributed by atoms with Crippen LogP contribution in [0.4, 0.5) is 8.78 Å². The van der Waals surface area contributed by atoms with Crippen molar-refractivity contribution in [3.05, 3.63) is 76.2 Å². The van der Waals surface area contributed by atoms with Crippen LogP contribution in [-0.4, -0.2) is 113 Å². The zero-order valence-corrected chi connectivity index (χ0v) is 32.2. The SMILES string of the molecule is Cc1ccc([C@@H](c2ccn3c(C(F)F)nnc3c2C)C(C)(C)C(=O)O)cc1CN1CC2(CCOCC2)Oc2nc(OCCN3CCOCC3)ccc2S1(=O)=O. The minimum absolute atomic E-state index is 0.0173. The van der Waals surface area contributed by atoms with Crippen LogP contribution in [0.25, 0.3) is 5.65 Å². The van der Waals surface area contributed by atoms with Gasteiger partial charge in [-0.05, 0) is 67.6 Å². The predicted octanol–water partition coefficient (Wildman–Crippen LogP) is 4.76. The highest BCUT2D eigenvalue weighted by Gasteiger charge is 2.46. The zero-order chi connectivity index (χ0) is 39.1. The summed E-state index contributed by atoms with van der Waals surface area (Å²) in [6, 6.07) is 10.2. The lowest BCUT2D eigenvalue weighted by Gasteiger charge is -2.38. The molecule has 296 valence electrons. The normalized spacial score (nSPS) is 19.5. The van der Waals surface area contributed by atoms with Gasteiger partial charge in [0.05, 0.1) is 38.4 Å². The van der Waals surface area contributed by atoms with Gasteiger partial charge >= 0.3 is 5.97 Å². The lowest BCUT2D eigenvalue weighted by atomic mass is 9.70. The second kappa shape index (κ2) is 15.3. The molecule has 2 fully saturated rings. The van der Waals surface area contributed by atoms with Crippen molar-refractivity contribution in [3.63, 3.8) is 0 Å². The molecule has 0 unspecified atom stereocenters. The summed E-state index contributed by atoms with van der Waals surface area (Å²) in [5.41, 5.74) is 1.04. The number of sulfonamides is 1. The number of rotatable bonds is 11. The Morgan fingerprint density at radius 1 is 1.04 bits per heavy atom. The molecule has 0 radical (unpaired) electrons. The number of aliphatic carboxylic acids is 1. The van der Waals surface area contributed by atoms with E-state index >= 15 is 0 Å². The molecule has 0 aliphatic carbocycles. The second-order valence-electron chi connectivity index (χ2n) is 15.0. The Hall–Kier alpha value is -4.29. The maximum absolute atomic E-state index is 14.6. The number of aryl methyl sites for hydroxylation is 2. The van der Waals surface area contributed by atoms with E-state index < -0.39 is 45.2 Å². The fourth-order valence-electron chi connectivity index (χ4n) is 7.71. The van der Waals surface area contributed by atoms with Crippen LogP contribution in [0.2, 0.25) is 0 Å². The van der Waals surface area contributed by atoms with Crippen molar-refractivity contribution >= 4 is 21.6 Å². The van der Waals surface area contributed by atoms with Crippen molar-refractivity contribution in [2.45, 2.75) is 69.9 Å². The molecule has 17 heteroatoms. The molecule has 4 aromatic rings. The van der Waals surface area contributed by atoms with Gasteiger partial charge in [0.1, 0.15) is 17.1 Å². The number of carbonyl (C=O) groups is 1. The van der Waals surface area contributed by atoms with Crippen molar-refractivity contribution in [1.82, 2.24) is 28.8 Å². The van der Waals surface area contributed by atoms with Crippen LogP contribution < -0.4 is 9.47 Å². The number of benzene rings is 1. The predicted molar refractivity (Wildman–Crippen MR) is 195 cm³/mol. The average Bonchev–Trinajstić information content (AvgIpc) is 3.57. The van der Waals surface area contributed by atoms with Gasteiger partial charge in [-0.25, -0.2) is 17.2 Å². The number of aromatic nitrogens is 4. The van der Waals surface area contributed by atoms with E-state index in [0.717, 1.165) is 18.7 Å². The van der Waals surface area contributed by atoms with E-state index in [9.17, 15) is 27.1 Å². The maximum atomic E-state index is 14.6. The van der Waals surface area contributed by atoms with Gasteiger partial charge in [0.15, 0.2) is 5.65 Å². The van der Waals surface area contributed by atoms with Gasteiger partial charge in [-0.3, -0.25) is 14.1 Å². The van der Waals surface area contributed by atoms with E-state index in [-0.39, 0.29) is 35.4 Å². The Morgan fingerprint density at radius 3 is 2.47 bits per heavy atom. The molecule has 1 spiro atoms. The molecule has 0 amide bonds. The van der Waals surface area contributed by atoms with Crippen molar-refractivity contribution in [3.8, 4) is 11.8 Å². The zero-order valence-electron chi connectivity index (χ0n) is 31.3. The van der Waals surface area contributed by atoms with Crippen LogP contribution >= 0.6 is 0 Å². The van der Waals surface area contributed by atoms with Crippen LogP contribution in [0.3, 0.4) is 0 Å². The first-order chi connectivity index (χ1) is 26.2. The smallest absolute Gasteiger partial charge is 0.310 e. The van der Waals surface area contributed by atoms with Gasteiger partial charge in [0.2, 0.25) is 27.6 Å². The van der Waals surface area contributed by atoms with Gasteiger partial charge < -0.3 is 24.1 Å². The minimum Gasteiger partial charge on any atom is -0.481 e. The third-order valence-corrected chi connectivity index (χ3v) is 12.9. The first-order valence-corrected chi connectivity index (χ1v) is 19.8. The molecule has 14 nitrogen and oxygen atoms in total. The molecule has 1 aromatic carbocycles. The van der Waals surface area contributed by atoms with E-state index in [1.807, 2.05) is 25.1 Å². The molecule has 7 rings (SSSR count). The van der Waals surface area contributed by atoms with E-state index in [1.165, 1.54) is 21.0 Å². The highest BCUT2D eigenvalue weighted by molar-refractivity contribution is 7.89. The standard InChI is InChI=1S/C38H46F2N6O8S/c1-24-5-6-26(31(37(3,4)36(47)48)28-9-12-46-33(25(28)2)42-43-34(46)32(39)40)21-27(24)22-45-23-38(10-16-51-17-11-38)54-35-29(55(45,49)50)7-8-30(41-35)53-20-15-44-13-18-52-19-14-44/h5-9,12,21,31-32H,10-11,13-20,22-23H2,1-4H3,(H,47,48)/t31-/m0/s1. The molecule has 1 atom stereocenters. The van der Waals surface area contributed by atoms with Crippen molar-refractivity contribution in [2.75, 3.05) is 59.2 Å². The summed E-state index contributed by atoms with van der Waals surface area (Å²) >= 11 is 0. The van der Waals surface area contributed by atoms with Crippen LogP contribution in [0, 0.1) is 19.3 Å². The lowest BCUT2D eigenvalue weighted by Crippen LogP contribution is -2.50. The third kappa shape index (κ3) is 7.64. The fraction of sp³-hybridized carbons (Fsp3) is 0.526. The minimum atomic E-state index is -4.17. The molecular formula is C38H46F2N6O8S. The maximum Gasteiger partial charge on any atom is 0.310 e. The topological polar surface area (TPSA) is 158 Å². The fourth-order valence-corrected chi connectivity index (χ4v) is 9.25. The summed E-state index contributed by atoms with van der Waals surface area (Å²) in [4.78, 5) is 19.6.